The van der Waals surface area contributed by atoms with Crippen molar-refractivity contribution in [2.75, 3.05) is 20.3 Å². The van der Waals surface area contributed by atoms with Crippen LogP contribution >= 0.6 is 11.6 Å². The molecule has 0 aliphatic carbocycles. The van der Waals surface area contributed by atoms with Crippen molar-refractivity contribution < 1.29 is 9.47 Å². The first-order valence-electron chi connectivity index (χ1n) is 8.45. The van der Waals surface area contributed by atoms with Crippen molar-refractivity contribution >= 4 is 22.5 Å². The Balaban J connectivity index is 1.67. The van der Waals surface area contributed by atoms with Gasteiger partial charge in [0.15, 0.2) is 0 Å². The fraction of sp³-hybridized carbons (Fsp3) is 0.150. The Kier molecular flexibility index (Phi) is 5.00. The number of para-hydroxylation sites is 1. The summed E-state index contributed by atoms with van der Waals surface area (Å²) in [7, 11) is 1.65. The molecule has 0 saturated heterocycles. The zero-order chi connectivity index (χ0) is 18.6. The number of pyridine rings is 1. The van der Waals surface area contributed by atoms with Gasteiger partial charge in [0, 0.05) is 17.5 Å². The van der Waals surface area contributed by atoms with Gasteiger partial charge in [0.2, 0.25) is 0 Å². The molecule has 27 heavy (non-hydrogen) atoms. The van der Waals surface area contributed by atoms with E-state index in [9.17, 15) is 0 Å². The molecule has 0 radical (unpaired) electrons. The van der Waals surface area contributed by atoms with Crippen LogP contribution in [0.5, 0.6) is 5.75 Å². The third-order valence-electron chi connectivity index (χ3n) is 4.08. The molecule has 136 valence electrons. The van der Waals surface area contributed by atoms with E-state index in [2.05, 4.69) is 10.3 Å². The Hall–Kier alpha value is -2.96. The smallest absolute Gasteiger partial charge is 0.145 e. The van der Waals surface area contributed by atoms with E-state index in [0.717, 1.165) is 28.0 Å². The molecule has 0 spiro atoms. The molecule has 0 aliphatic heterocycles. The minimum atomic E-state index is 0.467. The first kappa shape index (κ1) is 17.5. The third-order valence-corrected chi connectivity index (χ3v) is 4.33. The maximum atomic E-state index is 5.94. The van der Waals surface area contributed by atoms with Crippen LogP contribution in [-0.2, 0) is 4.74 Å². The molecule has 2 aromatic carbocycles. The molecular formula is C20H17ClN4O2. The second-order valence-corrected chi connectivity index (χ2v) is 6.33. The number of hydrogen-bond donors (Lipinski definition) is 0. The van der Waals surface area contributed by atoms with Crippen molar-refractivity contribution in [2.24, 2.45) is 0 Å². The van der Waals surface area contributed by atoms with E-state index in [4.69, 9.17) is 26.1 Å². The first-order valence-corrected chi connectivity index (χ1v) is 8.82. The minimum absolute atomic E-state index is 0.467. The van der Waals surface area contributed by atoms with Gasteiger partial charge in [-0.3, -0.25) is 0 Å². The lowest BCUT2D eigenvalue weighted by Crippen LogP contribution is -2.04. The van der Waals surface area contributed by atoms with Crippen molar-refractivity contribution in [2.45, 2.75) is 0 Å². The highest BCUT2D eigenvalue weighted by atomic mass is 35.5. The van der Waals surface area contributed by atoms with Gasteiger partial charge in [0.1, 0.15) is 23.6 Å². The molecule has 0 unspecified atom stereocenters. The first-order chi connectivity index (χ1) is 13.2. The largest absolute Gasteiger partial charge is 0.489 e. The number of hydrogen-bond acceptors (Lipinski definition) is 5. The average molecular weight is 381 g/mol. The predicted octanol–water partition coefficient (Wildman–Crippen LogP) is 4.16. The van der Waals surface area contributed by atoms with E-state index >= 15 is 0 Å². The standard InChI is InChI=1S/C20H17ClN4O2/c1-26-11-12-27-19-4-2-3-14-5-10-17(22-20(14)19)18-13-25(24-23-18)16-8-6-15(21)7-9-16/h2-10,13H,11-12H2,1H3. The van der Waals surface area contributed by atoms with Gasteiger partial charge in [-0.2, -0.15) is 0 Å². The minimum Gasteiger partial charge on any atom is -0.489 e. The van der Waals surface area contributed by atoms with Crippen LogP contribution in [0.1, 0.15) is 0 Å². The second kappa shape index (κ2) is 7.73. The van der Waals surface area contributed by atoms with Crippen molar-refractivity contribution in [3.63, 3.8) is 0 Å². The highest BCUT2D eigenvalue weighted by Gasteiger charge is 2.10. The number of methoxy groups -OCH3 is 1. The monoisotopic (exact) mass is 380 g/mol. The van der Waals surface area contributed by atoms with Crippen LogP contribution in [0.4, 0.5) is 0 Å². The Morgan fingerprint density at radius 2 is 1.81 bits per heavy atom. The fourth-order valence-electron chi connectivity index (χ4n) is 2.72. The summed E-state index contributed by atoms with van der Waals surface area (Å²) in [6.07, 6.45) is 1.84. The number of halogens is 1. The van der Waals surface area contributed by atoms with Crippen LogP contribution in [0.2, 0.25) is 5.02 Å². The normalized spacial score (nSPS) is 11.0. The highest BCUT2D eigenvalue weighted by molar-refractivity contribution is 6.30. The second-order valence-electron chi connectivity index (χ2n) is 5.89. The van der Waals surface area contributed by atoms with Gasteiger partial charge < -0.3 is 9.47 Å². The summed E-state index contributed by atoms with van der Waals surface area (Å²) in [4.78, 5) is 4.74. The van der Waals surface area contributed by atoms with E-state index in [1.54, 1.807) is 11.8 Å². The van der Waals surface area contributed by atoms with Crippen LogP contribution in [-0.4, -0.2) is 40.3 Å². The van der Waals surface area contributed by atoms with Crippen LogP contribution in [0, 0.1) is 0 Å². The van der Waals surface area contributed by atoms with Gasteiger partial charge >= 0.3 is 0 Å². The topological polar surface area (TPSA) is 62.1 Å². The molecule has 2 aromatic heterocycles. The van der Waals surface area contributed by atoms with Crippen molar-refractivity contribution in [3.05, 3.63) is 65.8 Å². The van der Waals surface area contributed by atoms with E-state index in [-0.39, 0.29) is 0 Å². The highest BCUT2D eigenvalue weighted by Crippen LogP contribution is 2.27. The lowest BCUT2D eigenvalue weighted by molar-refractivity contribution is 0.147. The molecule has 4 rings (SSSR count). The zero-order valence-electron chi connectivity index (χ0n) is 14.7. The van der Waals surface area contributed by atoms with Crippen LogP contribution in [0.25, 0.3) is 28.0 Å². The predicted molar refractivity (Wildman–Crippen MR) is 104 cm³/mol. The molecular weight excluding hydrogens is 364 g/mol. The summed E-state index contributed by atoms with van der Waals surface area (Å²) in [5.74, 6) is 0.719. The van der Waals surface area contributed by atoms with Gasteiger partial charge in [0.25, 0.3) is 0 Å². The summed E-state index contributed by atoms with van der Waals surface area (Å²) >= 11 is 5.94. The van der Waals surface area contributed by atoms with E-state index < -0.39 is 0 Å². The SMILES string of the molecule is COCCOc1cccc2ccc(-c3cn(-c4ccc(Cl)cc4)nn3)nc12. The van der Waals surface area contributed by atoms with Crippen LogP contribution < -0.4 is 4.74 Å². The molecule has 0 bridgehead atoms. The van der Waals surface area contributed by atoms with E-state index in [1.165, 1.54) is 0 Å². The van der Waals surface area contributed by atoms with E-state index in [1.807, 2.05) is 60.8 Å². The molecule has 0 aliphatic rings. The molecule has 2 heterocycles. The Morgan fingerprint density at radius 1 is 0.963 bits per heavy atom. The van der Waals surface area contributed by atoms with Crippen molar-refractivity contribution in [1.82, 2.24) is 20.0 Å². The Labute approximate surface area is 161 Å². The van der Waals surface area contributed by atoms with E-state index in [0.29, 0.717) is 23.9 Å². The summed E-state index contributed by atoms with van der Waals surface area (Å²) in [6.45, 7) is 0.986. The summed E-state index contributed by atoms with van der Waals surface area (Å²) in [5, 5.41) is 10.1. The summed E-state index contributed by atoms with van der Waals surface area (Å²) in [6, 6.07) is 17.2. The van der Waals surface area contributed by atoms with Gasteiger partial charge in [-0.05, 0) is 36.4 Å². The molecule has 6 nitrogen and oxygen atoms in total. The molecule has 7 heteroatoms. The molecule has 0 amide bonds. The number of rotatable bonds is 6. The molecule has 0 N–H and O–H groups in total. The van der Waals surface area contributed by atoms with Crippen LogP contribution in [0.15, 0.2) is 60.8 Å². The third kappa shape index (κ3) is 3.77. The molecule has 0 saturated carbocycles. The molecule has 4 aromatic rings. The lowest BCUT2D eigenvalue weighted by atomic mass is 10.1. The molecule has 0 atom stereocenters. The quantitative estimate of drug-likeness (QED) is 0.470. The van der Waals surface area contributed by atoms with Crippen molar-refractivity contribution in [3.8, 4) is 22.8 Å². The lowest BCUT2D eigenvalue weighted by Gasteiger charge is -2.09. The summed E-state index contributed by atoms with van der Waals surface area (Å²) < 4.78 is 12.5. The number of nitrogens with zero attached hydrogens (tertiary/aromatic N) is 4. The van der Waals surface area contributed by atoms with Gasteiger partial charge in [-0.15, -0.1) is 5.10 Å². The number of benzene rings is 2. The Bertz CT molecular complexity index is 1060. The summed E-state index contributed by atoms with van der Waals surface area (Å²) in [5.41, 5.74) is 3.07. The molecule has 0 fully saturated rings. The maximum Gasteiger partial charge on any atom is 0.145 e. The maximum absolute atomic E-state index is 5.94. The fourth-order valence-corrected chi connectivity index (χ4v) is 2.84. The number of fused-ring (bicyclic) bond motifs is 1. The number of ether oxygens (including phenoxy) is 2. The van der Waals surface area contributed by atoms with Gasteiger partial charge in [0.05, 0.1) is 24.2 Å². The van der Waals surface area contributed by atoms with Crippen LogP contribution in [0.3, 0.4) is 0 Å². The van der Waals surface area contributed by atoms with Crippen molar-refractivity contribution in [1.29, 1.82) is 0 Å². The Morgan fingerprint density at radius 3 is 2.63 bits per heavy atom. The van der Waals surface area contributed by atoms with Gasteiger partial charge in [-0.1, -0.05) is 35.0 Å². The number of aromatic nitrogens is 4. The average Bonchev–Trinajstić information content (AvgIpc) is 3.19. The van der Waals surface area contributed by atoms with Gasteiger partial charge in [-0.25, -0.2) is 9.67 Å². The zero-order valence-corrected chi connectivity index (χ0v) is 15.4.